The average molecular weight is 264 g/mol. The summed E-state index contributed by atoms with van der Waals surface area (Å²) in [5.74, 6) is 1.42. The Balaban J connectivity index is 1.40. The molecule has 1 saturated carbocycles. The monoisotopic (exact) mass is 264 g/mol. The highest BCUT2D eigenvalue weighted by Gasteiger charge is 2.29. The van der Waals surface area contributed by atoms with E-state index in [1.807, 2.05) is 0 Å². The van der Waals surface area contributed by atoms with Gasteiger partial charge in [-0.1, -0.05) is 0 Å². The minimum atomic E-state index is 0.486. The summed E-state index contributed by atoms with van der Waals surface area (Å²) in [4.78, 5) is 16.7. The van der Waals surface area contributed by atoms with Crippen molar-refractivity contribution in [2.24, 2.45) is 5.92 Å². The fourth-order valence-corrected chi connectivity index (χ4v) is 4.12. The molecule has 0 radical (unpaired) electrons. The van der Waals surface area contributed by atoms with Crippen molar-refractivity contribution in [3.05, 3.63) is 0 Å². The van der Waals surface area contributed by atoms with Crippen molar-refractivity contribution in [3.8, 4) is 0 Å². The van der Waals surface area contributed by atoms with Crippen molar-refractivity contribution in [2.75, 3.05) is 32.7 Å². The lowest BCUT2D eigenvalue weighted by Crippen LogP contribution is -2.44. The van der Waals surface area contributed by atoms with Crippen LogP contribution in [0.5, 0.6) is 0 Å². The van der Waals surface area contributed by atoms with E-state index in [1.165, 1.54) is 58.4 Å². The topological polar surface area (TPSA) is 23.6 Å². The molecule has 0 amide bonds. The molecule has 3 aliphatic rings. The van der Waals surface area contributed by atoms with Crippen molar-refractivity contribution >= 4 is 5.78 Å². The number of likely N-dealkylation sites (tertiary alicyclic amines) is 2. The predicted octanol–water partition coefficient (Wildman–Crippen LogP) is 2.31. The van der Waals surface area contributed by atoms with E-state index in [0.29, 0.717) is 11.8 Å². The predicted molar refractivity (Wildman–Crippen MR) is 77.2 cm³/mol. The molecule has 1 aliphatic carbocycles. The van der Waals surface area contributed by atoms with Gasteiger partial charge in [0.1, 0.15) is 5.78 Å². The van der Waals surface area contributed by atoms with Gasteiger partial charge in [-0.3, -0.25) is 4.79 Å². The molecule has 0 aromatic rings. The minimum Gasteiger partial charge on any atom is -0.303 e. The lowest BCUT2D eigenvalue weighted by molar-refractivity contribution is -0.121. The Morgan fingerprint density at radius 2 is 1.53 bits per heavy atom. The zero-order chi connectivity index (χ0) is 13.1. The summed E-state index contributed by atoms with van der Waals surface area (Å²) in [5.41, 5.74) is 0. The number of hydrogen-bond donors (Lipinski definition) is 0. The number of piperidine rings is 1. The Labute approximate surface area is 117 Å². The van der Waals surface area contributed by atoms with Crippen LogP contribution in [0.15, 0.2) is 0 Å². The van der Waals surface area contributed by atoms with E-state index in [0.717, 1.165) is 31.6 Å². The third-order valence-corrected chi connectivity index (χ3v) is 5.39. The van der Waals surface area contributed by atoms with Crippen molar-refractivity contribution in [2.45, 2.75) is 57.4 Å². The molecule has 2 saturated heterocycles. The summed E-state index contributed by atoms with van der Waals surface area (Å²) >= 11 is 0. The van der Waals surface area contributed by atoms with E-state index in [4.69, 9.17) is 0 Å². The Hall–Kier alpha value is -0.410. The van der Waals surface area contributed by atoms with Crippen LogP contribution >= 0.6 is 0 Å². The number of rotatable bonds is 3. The van der Waals surface area contributed by atoms with Crippen LogP contribution in [-0.4, -0.2) is 54.3 Å². The maximum absolute atomic E-state index is 11.3. The summed E-state index contributed by atoms with van der Waals surface area (Å²) < 4.78 is 0. The molecular weight excluding hydrogens is 236 g/mol. The van der Waals surface area contributed by atoms with E-state index >= 15 is 0 Å². The zero-order valence-electron chi connectivity index (χ0n) is 12.1. The second-order valence-corrected chi connectivity index (χ2v) is 6.76. The molecule has 0 N–H and O–H groups in total. The fourth-order valence-electron chi connectivity index (χ4n) is 4.12. The molecule has 0 spiro atoms. The van der Waals surface area contributed by atoms with Gasteiger partial charge < -0.3 is 9.80 Å². The van der Waals surface area contributed by atoms with E-state index < -0.39 is 0 Å². The average Bonchev–Trinajstić information content (AvgIpc) is 2.94. The maximum Gasteiger partial charge on any atom is 0.133 e. The minimum absolute atomic E-state index is 0.486. The van der Waals surface area contributed by atoms with E-state index in [1.54, 1.807) is 0 Å². The van der Waals surface area contributed by atoms with Crippen molar-refractivity contribution in [1.29, 1.82) is 0 Å². The fraction of sp³-hybridized carbons (Fsp3) is 0.938. The third-order valence-electron chi connectivity index (χ3n) is 5.39. The summed E-state index contributed by atoms with van der Waals surface area (Å²) in [6, 6.07) is 0.713. The summed E-state index contributed by atoms with van der Waals surface area (Å²) in [6.45, 7) is 6.57. The summed E-state index contributed by atoms with van der Waals surface area (Å²) in [5, 5.41) is 0. The molecule has 108 valence electrons. The van der Waals surface area contributed by atoms with E-state index in [2.05, 4.69) is 9.80 Å². The molecule has 3 rings (SSSR count). The number of ketones is 1. The molecule has 3 nitrogen and oxygen atoms in total. The van der Waals surface area contributed by atoms with Crippen LogP contribution in [-0.2, 0) is 4.79 Å². The SMILES string of the molecule is O=C1CCC(N2CCC(CN3CCCC3)CC2)CC1. The van der Waals surface area contributed by atoms with Gasteiger partial charge in [0, 0.05) is 25.4 Å². The van der Waals surface area contributed by atoms with Gasteiger partial charge in [-0.2, -0.15) is 0 Å². The molecule has 3 heteroatoms. The molecule has 0 aromatic carbocycles. The number of nitrogens with zero attached hydrogens (tertiary/aromatic N) is 2. The normalized spacial score (nSPS) is 29.2. The van der Waals surface area contributed by atoms with Crippen molar-refractivity contribution < 1.29 is 4.79 Å². The van der Waals surface area contributed by atoms with Crippen LogP contribution in [0, 0.1) is 5.92 Å². The van der Waals surface area contributed by atoms with Gasteiger partial charge in [0.05, 0.1) is 0 Å². The van der Waals surface area contributed by atoms with Gasteiger partial charge in [0.2, 0.25) is 0 Å². The Bertz CT molecular complexity index is 294. The highest BCUT2D eigenvalue weighted by molar-refractivity contribution is 5.79. The van der Waals surface area contributed by atoms with Crippen molar-refractivity contribution in [3.63, 3.8) is 0 Å². The van der Waals surface area contributed by atoms with Gasteiger partial charge in [0.15, 0.2) is 0 Å². The molecule has 19 heavy (non-hydrogen) atoms. The molecule has 0 bridgehead atoms. The van der Waals surface area contributed by atoms with E-state index in [-0.39, 0.29) is 0 Å². The quantitative estimate of drug-likeness (QED) is 0.781. The molecule has 3 fully saturated rings. The first kappa shape index (κ1) is 13.6. The molecule has 0 atom stereocenters. The molecule has 2 aliphatic heterocycles. The molecule has 0 unspecified atom stereocenters. The van der Waals surface area contributed by atoms with Crippen LogP contribution in [0.4, 0.5) is 0 Å². The van der Waals surface area contributed by atoms with Crippen LogP contribution in [0.3, 0.4) is 0 Å². The smallest absolute Gasteiger partial charge is 0.133 e. The molecule has 0 aromatic heterocycles. The molecule has 2 heterocycles. The standard InChI is InChI=1S/C16H28N2O/c19-16-5-3-15(4-6-16)18-11-7-14(8-12-18)13-17-9-1-2-10-17/h14-15H,1-13H2. The zero-order valence-corrected chi connectivity index (χ0v) is 12.1. The van der Waals surface area contributed by atoms with Gasteiger partial charge in [-0.05, 0) is 70.6 Å². The highest BCUT2D eigenvalue weighted by atomic mass is 16.1. The Morgan fingerprint density at radius 3 is 2.16 bits per heavy atom. The maximum atomic E-state index is 11.3. The Morgan fingerprint density at radius 1 is 0.895 bits per heavy atom. The van der Waals surface area contributed by atoms with Crippen molar-refractivity contribution in [1.82, 2.24) is 9.80 Å². The van der Waals surface area contributed by atoms with Gasteiger partial charge in [-0.15, -0.1) is 0 Å². The van der Waals surface area contributed by atoms with Crippen LogP contribution in [0.25, 0.3) is 0 Å². The number of carbonyl (C=O) groups is 1. The van der Waals surface area contributed by atoms with Crippen LogP contribution in [0.2, 0.25) is 0 Å². The third kappa shape index (κ3) is 3.57. The summed E-state index contributed by atoms with van der Waals surface area (Å²) in [7, 11) is 0. The number of carbonyl (C=O) groups excluding carboxylic acids is 1. The van der Waals surface area contributed by atoms with Crippen LogP contribution < -0.4 is 0 Å². The highest BCUT2D eigenvalue weighted by Crippen LogP contribution is 2.26. The first-order chi connectivity index (χ1) is 9.31. The lowest BCUT2D eigenvalue weighted by atomic mass is 9.89. The Kier molecular flexibility index (Phi) is 4.54. The van der Waals surface area contributed by atoms with Gasteiger partial charge in [-0.25, -0.2) is 0 Å². The first-order valence-electron chi connectivity index (χ1n) is 8.29. The second-order valence-electron chi connectivity index (χ2n) is 6.76. The summed E-state index contributed by atoms with van der Waals surface area (Å²) in [6.07, 6.45) is 9.48. The van der Waals surface area contributed by atoms with Crippen LogP contribution in [0.1, 0.15) is 51.4 Å². The number of Topliss-reactive ketones (excluding diaryl/α,β-unsaturated/α-hetero) is 1. The van der Waals surface area contributed by atoms with Gasteiger partial charge >= 0.3 is 0 Å². The lowest BCUT2D eigenvalue weighted by Gasteiger charge is -2.39. The largest absolute Gasteiger partial charge is 0.303 e. The second kappa shape index (κ2) is 6.36. The molecular formula is C16H28N2O. The number of hydrogen-bond acceptors (Lipinski definition) is 3. The first-order valence-corrected chi connectivity index (χ1v) is 8.29. The van der Waals surface area contributed by atoms with E-state index in [9.17, 15) is 4.79 Å². The van der Waals surface area contributed by atoms with Gasteiger partial charge in [0.25, 0.3) is 0 Å².